The van der Waals surface area contributed by atoms with Gasteiger partial charge in [-0.1, -0.05) is 0 Å². The van der Waals surface area contributed by atoms with Crippen LogP contribution in [0.4, 0.5) is 4.39 Å². The van der Waals surface area contributed by atoms with Crippen molar-refractivity contribution in [2.24, 2.45) is 0 Å². The maximum atomic E-state index is 14.8. The Morgan fingerprint density at radius 1 is 1.23 bits per heavy atom. The first-order chi connectivity index (χ1) is 10.2. The van der Waals surface area contributed by atoms with E-state index in [0.29, 0.717) is 19.4 Å². The number of halogens is 1. The van der Waals surface area contributed by atoms with Crippen molar-refractivity contribution in [2.45, 2.75) is 64.0 Å². The van der Waals surface area contributed by atoms with Crippen LogP contribution in [0, 0.1) is 0 Å². The molecule has 0 aromatic carbocycles. The molecule has 3 rings (SSSR count). The lowest BCUT2D eigenvalue weighted by Gasteiger charge is -2.32. The second-order valence-corrected chi connectivity index (χ2v) is 8.55. The van der Waals surface area contributed by atoms with Gasteiger partial charge >= 0.3 is 7.12 Å². The minimum absolute atomic E-state index is 0.313. The average molecular weight is 326 g/mol. The molecule has 4 nitrogen and oxygen atoms in total. The first kappa shape index (κ1) is 16.3. The standard InChI is InChI=1S/C15H24BFN2O2S/c1-13(2)14(3,4)21-16(20-13)12-9-18-19(10-12)11-15(17)5-7-22-8-6-15/h9-10H,5-8,11H2,1-4H3. The van der Waals surface area contributed by atoms with Crippen molar-refractivity contribution in [1.82, 2.24) is 9.78 Å². The molecule has 2 aliphatic rings. The van der Waals surface area contributed by atoms with Crippen LogP contribution in [0.1, 0.15) is 40.5 Å². The van der Waals surface area contributed by atoms with Crippen LogP contribution in [0.5, 0.6) is 0 Å². The molecule has 0 atom stereocenters. The Balaban J connectivity index is 1.70. The van der Waals surface area contributed by atoms with E-state index in [1.807, 2.05) is 45.7 Å². The van der Waals surface area contributed by atoms with Gasteiger partial charge in [0.25, 0.3) is 0 Å². The van der Waals surface area contributed by atoms with E-state index in [1.165, 1.54) is 0 Å². The summed E-state index contributed by atoms with van der Waals surface area (Å²) < 4.78 is 28.5. The molecule has 0 radical (unpaired) electrons. The highest BCUT2D eigenvalue weighted by Gasteiger charge is 2.52. The van der Waals surface area contributed by atoms with Gasteiger partial charge in [-0.2, -0.15) is 16.9 Å². The molecule has 22 heavy (non-hydrogen) atoms. The monoisotopic (exact) mass is 326 g/mol. The SMILES string of the molecule is CC1(C)OB(c2cnn(CC3(F)CCSCC3)c2)OC1(C)C. The molecule has 0 unspecified atom stereocenters. The van der Waals surface area contributed by atoms with Gasteiger partial charge in [0.15, 0.2) is 0 Å². The lowest BCUT2D eigenvalue weighted by molar-refractivity contribution is 0.00578. The lowest BCUT2D eigenvalue weighted by Crippen LogP contribution is -2.41. The van der Waals surface area contributed by atoms with E-state index >= 15 is 0 Å². The summed E-state index contributed by atoms with van der Waals surface area (Å²) in [6, 6.07) is 0. The summed E-state index contributed by atoms with van der Waals surface area (Å²) in [6.45, 7) is 8.40. The van der Waals surface area contributed by atoms with E-state index in [4.69, 9.17) is 9.31 Å². The van der Waals surface area contributed by atoms with Crippen LogP contribution >= 0.6 is 11.8 Å². The summed E-state index contributed by atoms with van der Waals surface area (Å²) in [5.41, 5.74) is -1.03. The van der Waals surface area contributed by atoms with E-state index in [9.17, 15) is 4.39 Å². The van der Waals surface area contributed by atoms with Crippen LogP contribution in [-0.2, 0) is 15.9 Å². The third-order valence-corrected chi connectivity index (χ3v) is 6.00. The molecule has 0 N–H and O–H groups in total. The van der Waals surface area contributed by atoms with Gasteiger partial charge in [-0.05, 0) is 52.0 Å². The molecule has 0 spiro atoms. The van der Waals surface area contributed by atoms with E-state index in [-0.39, 0.29) is 11.2 Å². The molecule has 0 saturated carbocycles. The fourth-order valence-corrected chi connectivity index (χ4v) is 3.98. The Bertz CT molecular complexity index is 527. The number of alkyl halides is 1. The van der Waals surface area contributed by atoms with Crippen molar-refractivity contribution in [3.8, 4) is 0 Å². The van der Waals surface area contributed by atoms with Crippen molar-refractivity contribution in [3.05, 3.63) is 12.4 Å². The molecule has 0 bridgehead atoms. The van der Waals surface area contributed by atoms with Gasteiger partial charge < -0.3 is 9.31 Å². The molecule has 1 aromatic heterocycles. The largest absolute Gasteiger partial charge is 0.498 e. The third kappa shape index (κ3) is 3.08. The molecule has 0 amide bonds. The zero-order valence-electron chi connectivity index (χ0n) is 13.8. The quantitative estimate of drug-likeness (QED) is 0.800. The third-order valence-electron chi connectivity index (χ3n) is 5.01. The van der Waals surface area contributed by atoms with Gasteiger partial charge in [-0.3, -0.25) is 4.68 Å². The van der Waals surface area contributed by atoms with Gasteiger partial charge in [0.05, 0.1) is 17.7 Å². The normalized spacial score (nSPS) is 26.3. The molecular formula is C15H24BFN2O2S. The van der Waals surface area contributed by atoms with Crippen molar-refractivity contribution < 1.29 is 13.7 Å². The minimum Gasteiger partial charge on any atom is -0.399 e. The zero-order valence-corrected chi connectivity index (χ0v) is 14.6. The van der Waals surface area contributed by atoms with Gasteiger partial charge in [-0.25, -0.2) is 4.39 Å². The van der Waals surface area contributed by atoms with Crippen LogP contribution in [-0.4, -0.2) is 45.3 Å². The van der Waals surface area contributed by atoms with Crippen LogP contribution in [0.3, 0.4) is 0 Å². The molecule has 1 aromatic rings. The van der Waals surface area contributed by atoms with Crippen LogP contribution < -0.4 is 5.46 Å². The summed E-state index contributed by atoms with van der Waals surface area (Å²) in [5, 5.41) is 4.31. The maximum absolute atomic E-state index is 14.8. The second kappa shape index (κ2) is 5.53. The first-order valence-corrected chi connectivity index (χ1v) is 9.01. The highest BCUT2D eigenvalue weighted by atomic mass is 32.2. The van der Waals surface area contributed by atoms with E-state index in [2.05, 4.69) is 5.10 Å². The molecule has 7 heteroatoms. The molecule has 2 aliphatic heterocycles. The smallest absolute Gasteiger partial charge is 0.399 e. The molecular weight excluding hydrogens is 302 g/mol. The van der Waals surface area contributed by atoms with Gasteiger partial charge in [0.1, 0.15) is 5.67 Å². The fourth-order valence-electron chi connectivity index (χ4n) is 2.75. The Morgan fingerprint density at radius 3 is 2.41 bits per heavy atom. The van der Waals surface area contributed by atoms with Crippen LogP contribution in [0.25, 0.3) is 0 Å². The molecule has 0 aliphatic carbocycles. The fraction of sp³-hybridized carbons (Fsp3) is 0.800. The number of aromatic nitrogens is 2. The molecule has 2 fully saturated rings. The second-order valence-electron chi connectivity index (χ2n) is 7.32. The van der Waals surface area contributed by atoms with E-state index in [0.717, 1.165) is 17.0 Å². The summed E-state index contributed by atoms with van der Waals surface area (Å²) in [4.78, 5) is 0. The minimum atomic E-state index is -1.13. The van der Waals surface area contributed by atoms with Crippen molar-refractivity contribution >= 4 is 24.3 Å². The Kier molecular flexibility index (Phi) is 4.11. The van der Waals surface area contributed by atoms with Crippen molar-refractivity contribution in [1.29, 1.82) is 0 Å². The number of nitrogens with zero attached hydrogens (tertiary/aromatic N) is 2. The maximum Gasteiger partial charge on any atom is 0.498 e. The molecule has 122 valence electrons. The first-order valence-electron chi connectivity index (χ1n) is 7.86. The summed E-state index contributed by atoms with van der Waals surface area (Å²) >= 11 is 1.82. The summed E-state index contributed by atoms with van der Waals surface area (Å²) in [6.07, 6.45) is 4.78. The Hall–Kier alpha value is -0.525. The Morgan fingerprint density at radius 2 is 1.82 bits per heavy atom. The van der Waals surface area contributed by atoms with Crippen molar-refractivity contribution in [2.75, 3.05) is 11.5 Å². The topological polar surface area (TPSA) is 36.3 Å². The number of hydrogen-bond acceptors (Lipinski definition) is 4. The van der Waals surface area contributed by atoms with Gasteiger partial charge in [-0.15, -0.1) is 0 Å². The average Bonchev–Trinajstić information content (AvgIpc) is 2.93. The van der Waals surface area contributed by atoms with Crippen LogP contribution in [0.2, 0.25) is 0 Å². The number of hydrogen-bond donors (Lipinski definition) is 0. The predicted molar refractivity (Wildman–Crippen MR) is 88.3 cm³/mol. The number of thioether (sulfide) groups is 1. The summed E-state index contributed by atoms with van der Waals surface area (Å²) in [5.74, 6) is 1.78. The van der Waals surface area contributed by atoms with Gasteiger partial charge in [0.2, 0.25) is 0 Å². The highest BCUT2D eigenvalue weighted by molar-refractivity contribution is 7.99. The highest BCUT2D eigenvalue weighted by Crippen LogP contribution is 2.36. The molecule has 2 saturated heterocycles. The van der Waals surface area contributed by atoms with Crippen molar-refractivity contribution in [3.63, 3.8) is 0 Å². The van der Waals surface area contributed by atoms with Crippen LogP contribution in [0.15, 0.2) is 12.4 Å². The van der Waals surface area contributed by atoms with E-state index < -0.39 is 12.8 Å². The predicted octanol–water partition coefficient (Wildman–Crippen LogP) is 2.42. The number of rotatable bonds is 3. The zero-order chi connectivity index (χ0) is 16.0. The molecule has 3 heterocycles. The lowest BCUT2D eigenvalue weighted by atomic mass is 9.82. The van der Waals surface area contributed by atoms with E-state index in [1.54, 1.807) is 10.9 Å². The summed E-state index contributed by atoms with van der Waals surface area (Å²) in [7, 11) is -0.434. The Labute approximate surface area is 136 Å². The van der Waals surface area contributed by atoms with Gasteiger partial charge in [0, 0.05) is 17.9 Å².